The third-order valence-corrected chi connectivity index (χ3v) is 1.76. The molecule has 11 heavy (non-hydrogen) atoms. The van der Waals surface area contributed by atoms with Crippen LogP contribution in [0.1, 0.15) is 51.9 Å². The van der Waals surface area contributed by atoms with Crippen molar-refractivity contribution in [1.29, 1.82) is 0 Å². The summed E-state index contributed by atoms with van der Waals surface area (Å²) in [4.78, 5) is 0. The van der Waals surface area contributed by atoms with Crippen molar-refractivity contribution in [1.82, 2.24) is 0 Å². The van der Waals surface area contributed by atoms with Crippen LogP contribution in [0, 0.1) is 0 Å². The van der Waals surface area contributed by atoms with E-state index in [0.717, 1.165) is 0 Å². The summed E-state index contributed by atoms with van der Waals surface area (Å²) in [5.41, 5.74) is 0. The van der Waals surface area contributed by atoms with E-state index in [4.69, 9.17) is 0 Å². The van der Waals surface area contributed by atoms with Gasteiger partial charge in [0.05, 0.1) is 0 Å². The Morgan fingerprint density at radius 3 is 2.09 bits per heavy atom. The van der Waals surface area contributed by atoms with Gasteiger partial charge in [-0.05, 0) is 12.8 Å². The zero-order valence-electron chi connectivity index (χ0n) is 7.94. The van der Waals surface area contributed by atoms with Crippen LogP contribution in [-0.2, 0) is 0 Å². The van der Waals surface area contributed by atoms with E-state index in [1.807, 2.05) is 6.08 Å². The van der Waals surface area contributed by atoms with Gasteiger partial charge in [-0.25, -0.2) is 0 Å². The molecule has 0 aliphatic rings. The van der Waals surface area contributed by atoms with Crippen LogP contribution in [0.2, 0.25) is 0 Å². The number of rotatable bonds is 7. The Balaban J connectivity index is 0. The minimum absolute atomic E-state index is 0. The first-order chi connectivity index (χ1) is 4.91. The monoisotopic (exact) mass is 350 g/mol. The molecule has 0 aliphatic carbocycles. The van der Waals surface area contributed by atoms with E-state index in [0.29, 0.717) is 0 Å². The van der Waals surface area contributed by atoms with E-state index in [9.17, 15) is 0 Å². The van der Waals surface area contributed by atoms with Crippen molar-refractivity contribution in [2.24, 2.45) is 0 Å². The summed E-state index contributed by atoms with van der Waals surface area (Å²) < 4.78 is 0. The summed E-state index contributed by atoms with van der Waals surface area (Å²) in [5.74, 6) is 0. The fraction of sp³-hybridized carbons (Fsp3) is 0.800. The molecule has 0 aromatic carbocycles. The second-order valence-corrected chi connectivity index (χ2v) is 2.85. The van der Waals surface area contributed by atoms with Crippen molar-refractivity contribution >= 4 is 27.3 Å². The van der Waals surface area contributed by atoms with Gasteiger partial charge in [-0.3, -0.25) is 0 Å². The van der Waals surface area contributed by atoms with Crippen molar-refractivity contribution in [3.05, 3.63) is 12.7 Å². The molecule has 66 valence electrons. The maximum absolute atomic E-state index is 3.69. The molecule has 0 atom stereocenters. The summed E-state index contributed by atoms with van der Waals surface area (Å²) in [5, 5.41) is 0. The van der Waals surface area contributed by atoms with Crippen LogP contribution >= 0.6 is 0 Å². The van der Waals surface area contributed by atoms with E-state index in [2.05, 4.69) is 13.5 Å². The van der Waals surface area contributed by atoms with Crippen LogP contribution in [0.25, 0.3) is 0 Å². The van der Waals surface area contributed by atoms with Crippen LogP contribution in [0.15, 0.2) is 12.7 Å². The number of unbranched alkanes of at least 4 members (excludes halogenated alkanes) is 6. The molecule has 0 N–H and O–H groups in total. The zero-order valence-corrected chi connectivity index (χ0v) is 13.4. The average molecular weight is 349 g/mol. The fourth-order valence-electron chi connectivity index (χ4n) is 1.07. The Bertz CT molecular complexity index is 69.3. The van der Waals surface area contributed by atoms with Gasteiger partial charge in [0.1, 0.15) is 0 Å². The van der Waals surface area contributed by atoms with Crippen molar-refractivity contribution in [3.63, 3.8) is 0 Å². The van der Waals surface area contributed by atoms with Gasteiger partial charge in [-0.15, -0.1) is 6.58 Å². The van der Waals surface area contributed by atoms with E-state index >= 15 is 0 Å². The molecule has 0 nitrogen and oxygen atoms in total. The molecule has 0 aliphatic heterocycles. The predicted molar refractivity (Wildman–Crippen MR) is 56.7 cm³/mol. The van der Waals surface area contributed by atoms with Gasteiger partial charge in [0.2, 0.25) is 0 Å². The molecule has 2 radical (unpaired) electrons. The van der Waals surface area contributed by atoms with Gasteiger partial charge in [-0.1, -0.05) is 45.1 Å². The summed E-state index contributed by atoms with van der Waals surface area (Å²) in [6.07, 6.45) is 11.6. The first-order valence-corrected chi connectivity index (χ1v) is 4.52. The van der Waals surface area contributed by atoms with Crippen molar-refractivity contribution in [3.8, 4) is 0 Å². The van der Waals surface area contributed by atoms with E-state index in [1.165, 1.54) is 44.9 Å². The molecule has 0 fully saturated rings. The predicted octanol–water partition coefficient (Wildman–Crippen LogP) is 3.01. The van der Waals surface area contributed by atoms with Crippen molar-refractivity contribution in [2.75, 3.05) is 0 Å². The Labute approximate surface area is 91.6 Å². The number of hydrogen-bond acceptors (Lipinski definition) is 0. The second-order valence-electron chi connectivity index (χ2n) is 2.85. The van der Waals surface area contributed by atoms with Gasteiger partial charge >= 0.3 is 27.3 Å². The summed E-state index contributed by atoms with van der Waals surface area (Å²) >= 11 is 0. The summed E-state index contributed by atoms with van der Waals surface area (Å²) in [6, 6.07) is 0. The van der Waals surface area contributed by atoms with Gasteiger partial charge < -0.3 is 0 Å². The number of hydrogen-bond donors (Lipinski definition) is 0. The SMILES string of the molecule is C=CCCCCCCCC.[PbH2]. The van der Waals surface area contributed by atoms with E-state index < -0.39 is 0 Å². The van der Waals surface area contributed by atoms with Crippen LogP contribution in [0.3, 0.4) is 0 Å². The molecule has 0 saturated heterocycles. The van der Waals surface area contributed by atoms with Gasteiger partial charge in [0.25, 0.3) is 0 Å². The third-order valence-electron chi connectivity index (χ3n) is 1.76. The Hall–Kier alpha value is 0.662. The van der Waals surface area contributed by atoms with Crippen LogP contribution < -0.4 is 0 Å². The van der Waals surface area contributed by atoms with Gasteiger partial charge in [-0.2, -0.15) is 0 Å². The van der Waals surface area contributed by atoms with Crippen molar-refractivity contribution < 1.29 is 0 Å². The first kappa shape index (κ1) is 14.2. The Morgan fingerprint density at radius 1 is 1.00 bits per heavy atom. The zero-order chi connectivity index (χ0) is 7.66. The molecule has 0 unspecified atom stereocenters. The normalized spacial score (nSPS) is 8.82. The molecule has 0 saturated carbocycles. The molecular formula is C10H22Pb. The quantitative estimate of drug-likeness (QED) is 0.377. The second kappa shape index (κ2) is 13.3. The molecule has 0 spiro atoms. The molecule has 0 heterocycles. The standard InChI is InChI=1S/C10H20.Pb.2H/c1-3-5-7-9-10-8-6-4-2;;;/h3H,1,4-10H2,2H3;;;. The summed E-state index contributed by atoms with van der Waals surface area (Å²) in [7, 11) is 0. The number of allylic oxidation sites excluding steroid dienone is 1. The topological polar surface area (TPSA) is 0 Å². The molecule has 0 rings (SSSR count). The average Bonchev–Trinajstić information content (AvgIpc) is 1.97. The van der Waals surface area contributed by atoms with Gasteiger partial charge in [0, 0.05) is 0 Å². The molecule has 0 amide bonds. The first-order valence-electron chi connectivity index (χ1n) is 4.52. The van der Waals surface area contributed by atoms with Crippen LogP contribution in [0.4, 0.5) is 0 Å². The van der Waals surface area contributed by atoms with Crippen molar-refractivity contribution in [2.45, 2.75) is 51.9 Å². The summed E-state index contributed by atoms with van der Waals surface area (Å²) in [6.45, 7) is 5.95. The molecular weight excluding hydrogens is 327 g/mol. The van der Waals surface area contributed by atoms with Gasteiger partial charge in [0.15, 0.2) is 0 Å². The van der Waals surface area contributed by atoms with Crippen LogP contribution in [-0.4, -0.2) is 27.3 Å². The fourth-order valence-corrected chi connectivity index (χ4v) is 1.07. The minimum atomic E-state index is 0. The Morgan fingerprint density at radius 2 is 1.55 bits per heavy atom. The molecule has 1 heteroatoms. The molecule has 0 aromatic heterocycles. The van der Waals surface area contributed by atoms with E-state index in [-0.39, 0.29) is 27.3 Å². The van der Waals surface area contributed by atoms with Crippen LogP contribution in [0.5, 0.6) is 0 Å². The Kier molecular flexibility index (Phi) is 17.1. The molecule has 0 aromatic rings. The van der Waals surface area contributed by atoms with E-state index in [1.54, 1.807) is 0 Å². The molecule has 0 bridgehead atoms. The maximum atomic E-state index is 3.69. The third kappa shape index (κ3) is 13.6.